The SMILES string of the molecule is O=C(O)c1coc(-c2ccc(CO)cc2)n1. The van der Waals surface area contributed by atoms with E-state index < -0.39 is 5.97 Å². The Morgan fingerprint density at radius 3 is 2.50 bits per heavy atom. The molecule has 0 aliphatic carbocycles. The largest absolute Gasteiger partial charge is 0.476 e. The number of aliphatic hydroxyl groups excluding tert-OH is 1. The third-order valence-corrected chi connectivity index (χ3v) is 2.11. The zero-order valence-electron chi connectivity index (χ0n) is 8.25. The zero-order valence-corrected chi connectivity index (χ0v) is 8.25. The Labute approximate surface area is 91.0 Å². The average Bonchev–Trinajstić information content (AvgIpc) is 2.78. The Morgan fingerprint density at radius 2 is 2.00 bits per heavy atom. The molecule has 0 atom stereocenters. The molecule has 0 amide bonds. The van der Waals surface area contributed by atoms with Crippen molar-refractivity contribution < 1.29 is 19.4 Å². The molecule has 5 heteroatoms. The van der Waals surface area contributed by atoms with E-state index in [2.05, 4.69) is 4.98 Å². The van der Waals surface area contributed by atoms with Crippen LogP contribution in [0.4, 0.5) is 0 Å². The van der Waals surface area contributed by atoms with Crippen LogP contribution in [0.1, 0.15) is 16.1 Å². The van der Waals surface area contributed by atoms with Crippen molar-refractivity contribution in [2.75, 3.05) is 0 Å². The Balaban J connectivity index is 2.31. The molecule has 1 heterocycles. The van der Waals surface area contributed by atoms with Gasteiger partial charge in [-0.25, -0.2) is 9.78 Å². The van der Waals surface area contributed by atoms with Gasteiger partial charge in [0.1, 0.15) is 6.26 Å². The molecule has 16 heavy (non-hydrogen) atoms. The number of benzene rings is 1. The van der Waals surface area contributed by atoms with Crippen molar-refractivity contribution in [3.05, 3.63) is 41.8 Å². The molecule has 0 bridgehead atoms. The smallest absolute Gasteiger partial charge is 0.357 e. The van der Waals surface area contributed by atoms with Crippen molar-refractivity contribution in [3.63, 3.8) is 0 Å². The Kier molecular flexibility index (Phi) is 2.70. The predicted molar refractivity (Wildman–Crippen MR) is 54.8 cm³/mol. The van der Waals surface area contributed by atoms with Crippen molar-refractivity contribution in [1.29, 1.82) is 0 Å². The lowest BCUT2D eigenvalue weighted by molar-refractivity contribution is 0.0690. The molecule has 1 aromatic heterocycles. The van der Waals surface area contributed by atoms with Crippen molar-refractivity contribution in [2.45, 2.75) is 6.61 Å². The van der Waals surface area contributed by atoms with E-state index in [1.54, 1.807) is 24.3 Å². The fraction of sp³-hybridized carbons (Fsp3) is 0.0909. The molecule has 2 N–H and O–H groups in total. The monoisotopic (exact) mass is 219 g/mol. The van der Waals surface area contributed by atoms with E-state index in [0.717, 1.165) is 11.8 Å². The van der Waals surface area contributed by atoms with Crippen LogP contribution in [0.25, 0.3) is 11.5 Å². The molecule has 0 aliphatic heterocycles. The maximum atomic E-state index is 10.6. The van der Waals surface area contributed by atoms with Crippen molar-refractivity contribution in [2.24, 2.45) is 0 Å². The lowest BCUT2D eigenvalue weighted by atomic mass is 10.1. The fourth-order valence-electron chi connectivity index (χ4n) is 1.26. The van der Waals surface area contributed by atoms with Crippen LogP contribution >= 0.6 is 0 Å². The molecule has 2 aromatic rings. The number of aromatic carboxylic acids is 1. The van der Waals surface area contributed by atoms with Gasteiger partial charge in [-0.1, -0.05) is 12.1 Å². The van der Waals surface area contributed by atoms with Gasteiger partial charge in [0.25, 0.3) is 0 Å². The lowest BCUT2D eigenvalue weighted by Gasteiger charge is -1.97. The summed E-state index contributed by atoms with van der Waals surface area (Å²) in [6, 6.07) is 6.87. The Hall–Kier alpha value is -2.14. The van der Waals surface area contributed by atoms with Gasteiger partial charge in [0.2, 0.25) is 5.89 Å². The number of hydrogen-bond donors (Lipinski definition) is 2. The van der Waals surface area contributed by atoms with E-state index in [-0.39, 0.29) is 18.2 Å². The van der Waals surface area contributed by atoms with Crippen LogP contribution in [-0.2, 0) is 6.61 Å². The number of carboxylic acid groups (broad SMARTS) is 1. The molecule has 0 fully saturated rings. The van der Waals surface area contributed by atoms with Crippen LogP contribution in [0.2, 0.25) is 0 Å². The molecule has 0 saturated carbocycles. The number of nitrogens with zero attached hydrogens (tertiary/aromatic N) is 1. The summed E-state index contributed by atoms with van der Waals surface area (Å²) in [6.07, 6.45) is 1.09. The minimum Gasteiger partial charge on any atom is -0.476 e. The van der Waals surface area contributed by atoms with Gasteiger partial charge < -0.3 is 14.6 Å². The number of hydrogen-bond acceptors (Lipinski definition) is 4. The highest BCUT2D eigenvalue weighted by Crippen LogP contribution is 2.19. The number of carbonyl (C=O) groups is 1. The first-order valence-electron chi connectivity index (χ1n) is 4.59. The molecular weight excluding hydrogens is 210 g/mol. The third-order valence-electron chi connectivity index (χ3n) is 2.11. The minimum absolute atomic E-state index is 0.0355. The standard InChI is InChI=1S/C11H9NO4/c13-5-7-1-3-8(4-2-7)10-12-9(6-16-10)11(14)15/h1-4,6,13H,5H2,(H,14,15). The molecule has 0 spiro atoms. The topological polar surface area (TPSA) is 83.6 Å². The second-order valence-corrected chi connectivity index (χ2v) is 3.20. The van der Waals surface area contributed by atoms with Gasteiger partial charge in [-0.2, -0.15) is 0 Å². The summed E-state index contributed by atoms with van der Waals surface area (Å²) in [6.45, 7) is -0.0355. The lowest BCUT2D eigenvalue weighted by Crippen LogP contribution is -1.95. The van der Waals surface area contributed by atoms with Crippen LogP contribution in [0.5, 0.6) is 0 Å². The Bertz CT molecular complexity index is 501. The van der Waals surface area contributed by atoms with Gasteiger partial charge in [0.15, 0.2) is 5.69 Å². The molecule has 5 nitrogen and oxygen atoms in total. The van der Waals surface area contributed by atoms with E-state index >= 15 is 0 Å². The van der Waals surface area contributed by atoms with E-state index in [0.29, 0.717) is 5.56 Å². The normalized spacial score (nSPS) is 10.3. The van der Waals surface area contributed by atoms with Gasteiger partial charge in [-0.05, 0) is 17.7 Å². The van der Waals surface area contributed by atoms with E-state index in [1.807, 2.05) is 0 Å². The second kappa shape index (κ2) is 4.16. The summed E-state index contributed by atoms with van der Waals surface area (Å²) >= 11 is 0. The summed E-state index contributed by atoms with van der Waals surface area (Å²) in [5.74, 6) is -0.871. The summed E-state index contributed by atoms with van der Waals surface area (Å²) in [7, 11) is 0. The van der Waals surface area contributed by atoms with Gasteiger partial charge in [0.05, 0.1) is 6.61 Å². The summed E-state index contributed by atoms with van der Waals surface area (Å²) in [4.78, 5) is 14.4. The van der Waals surface area contributed by atoms with Crippen molar-refractivity contribution >= 4 is 5.97 Å². The van der Waals surface area contributed by atoms with E-state index in [1.165, 1.54) is 0 Å². The predicted octanol–water partition coefficient (Wildman–Crippen LogP) is 1.53. The van der Waals surface area contributed by atoms with Gasteiger partial charge >= 0.3 is 5.97 Å². The highest BCUT2D eigenvalue weighted by molar-refractivity contribution is 5.85. The van der Waals surface area contributed by atoms with Gasteiger partial charge in [-0.3, -0.25) is 0 Å². The van der Waals surface area contributed by atoms with Gasteiger partial charge in [-0.15, -0.1) is 0 Å². The fourth-order valence-corrected chi connectivity index (χ4v) is 1.26. The first-order chi connectivity index (χ1) is 7.70. The van der Waals surface area contributed by atoms with Crippen LogP contribution in [0.3, 0.4) is 0 Å². The number of carboxylic acids is 1. The maximum absolute atomic E-state index is 10.6. The van der Waals surface area contributed by atoms with Crippen LogP contribution in [0.15, 0.2) is 34.9 Å². The van der Waals surface area contributed by atoms with E-state index in [9.17, 15) is 4.79 Å². The van der Waals surface area contributed by atoms with Crippen molar-refractivity contribution in [1.82, 2.24) is 4.98 Å². The molecule has 2 rings (SSSR count). The van der Waals surface area contributed by atoms with Crippen LogP contribution in [-0.4, -0.2) is 21.2 Å². The highest BCUT2D eigenvalue weighted by Gasteiger charge is 2.11. The Morgan fingerprint density at radius 1 is 1.31 bits per heavy atom. The summed E-state index contributed by atoms with van der Waals surface area (Å²) < 4.78 is 5.03. The number of oxazole rings is 1. The summed E-state index contributed by atoms with van der Waals surface area (Å²) in [5.41, 5.74) is 1.32. The van der Waals surface area contributed by atoms with Crippen LogP contribution in [0, 0.1) is 0 Å². The zero-order chi connectivity index (χ0) is 11.5. The van der Waals surface area contributed by atoms with Crippen molar-refractivity contribution in [3.8, 4) is 11.5 Å². The highest BCUT2D eigenvalue weighted by atomic mass is 16.4. The first kappa shape index (κ1) is 10.4. The second-order valence-electron chi connectivity index (χ2n) is 3.20. The van der Waals surface area contributed by atoms with E-state index in [4.69, 9.17) is 14.6 Å². The third kappa shape index (κ3) is 1.94. The molecular formula is C11H9NO4. The number of rotatable bonds is 3. The van der Waals surface area contributed by atoms with Crippen LogP contribution < -0.4 is 0 Å². The molecule has 0 aliphatic rings. The first-order valence-corrected chi connectivity index (χ1v) is 4.59. The minimum atomic E-state index is -1.12. The molecule has 0 unspecified atom stereocenters. The quantitative estimate of drug-likeness (QED) is 0.817. The molecule has 0 saturated heterocycles. The number of aromatic nitrogens is 1. The van der Waals surface area contributed by atoms with Gasteiger partial charge in [0, 0.05) is 5.56 Å². The maximum Gasteiger partial charge on any atom is 0.357 e. The number of aliphatic hydroxyl groups is 1. The summed E-state index contributed by atoms with van der Waals surface area (Å²) in [5, 5.41) is 17.5. The molecule has 82 valence electrons. The molecule has 0 radical (unpaired) electrons. The molecule has 1 aromatic carbocycles. The average molecular weight is 219 g/mol.